The maximum atomic E-state index is 3.78. The van der Waals surface area contributed by atoms with Crippen molar-refractivity contribution in [2.24, 2.45) is 5.92 Å². The maximum absolute atomic E-state index is 3.78. The van der Waals surface area contributed by atoms with E-state index in [0.29, 0.717) is 6.04 Å². The second-order valence-corrected chi connectivity index (χ2v) is 7.47. The molecule has 0 spiro atoms. The van der Waals surface area contributed by atoms with Gasteiger partial charge in [-0.2, -0.15) is 0 Å². The van der Waals surface area contributed by atoms with Crippen molar-refractivity contribution < 1.29 is 0 Å². The van der Waals surface area contributed by atoms with Crippen molar-refractivity contribution in [3.63, 3.8) is 0 Å². The number of hydrogen-bond donors (Lipinski definition) is 1. The summed E-state index contributed by atoms with van der Waals surface area (Å²) in [5.41, 5.74) is 1.59. The van der Waals surface area contributed by atoms with Gasteiger partial charge in [-0.05, 0) is 62.1 Å². The first-order valence-electron chi connectivity index (χ1n) is 8.33. The number of nitrogens with zero attached hydrogens (tertiary/aromatic N) is 1. The summed E-state index contributed by atoms with van der Waals surface area (Å²) in [7, 11) is 0. The fraction of sp³-hybridized carbons (Fsp3) is 0.765. The molecule has 3 heteroatoms. The van der Waals surface area contributed by atoms with Crippen molar-refractivity contribution in [2.45, 2.75) is 58.0 Å². The highest BCUT2D eigenvalue weighted by Gasteiger charge is 2.32. The Hall–Kier alpha value is -0.380. The Morgan fingerprint density at radius 2 is 2.30 bits per heavy atom. The molecule has 0 aromatic carbocycles. The summed E-state index contributed by atoms with van der Waals surface area (Å²) in [6.07, 6.45) is 6.73. The Morgan fingerprint density at radius 3 is 3.15 bits per heavy atom. The summed E-state index contributed by atoms with van der Waals surface area (Å²) >= 11 is 1.95. The predicted octanol–water partition coefficient (Wildman–Crippen LogP) is 3.84. The zero-order chi connectivity index (χ0) is 13.9. The number of hydrogen-bond acceptors (Lipinski definition) is 3. The first-order valence-corrected chi connectivity index (χ1v) is 9.21. The molecule has 2 aliphatic rings. The first-order chi connectivity index (χ1) is 9.79. The first kappa shape index (κ1) is 14.6. The molecular formula is C17H28N2S. The Balaban J connectivity index is 1.60. The van der Waals surface area contributed by atoms with E-state index in [9.17, 15) is 0 Å². The number of rotatable bonds is 5. The van der Waals surface area contributed by atoms with Gasteiger partial charge in [0.2, 0.25) is 0 Å². The van der Waals surface area contributed by atoms with Crippen LogP contribution in [0.5, 0.6) is 0 Å². The summed E-state index contributed by atoms with van der Waals surface area (Å²) in [4.78, 5) is 4.35. The SMILES string of the molecule is CCCNC1CCCC1CN1CCc2sccc2C1C. The third-order valence-electron chi connectivity index (χ3n) is 5.19. The van der Waals surface area contributed by atoms with Crippen molar-refractivity contribution in [3.8, 4) is 0 Å². The van der Waals surface area contributed by atoms with Crippen molar-refractivity contribution in [1.29, 1.82) is 0 Å². The minimum atomic E-state index is 0.623. The van der Waals surface area contributed by atoms with E-state index in [2.05, 4.69) is 35.5 Å². The van der Waals surface area contributed by atoms with Crippen molar-refractivity contribution in [1.82, 2.24) is 10.2 Å². The molecule has 1 N–H and O–H groups in total. The van der Waals surface area contributed by atoms with Crippen LogP contribution in [0, 0.1) is 5.92 Å². The van der Waals surface area contributed by atoms with Gasteiger partial charge < -0.3 is 5.32 Å². The normalized spacial score (nSPS) is 30.6. The van der Waals surface area contributed by atoms with Crippen LogP contribution in [0.15, 0.2) is 11.4 Å². The second kappa shape index (κ2) is 6.59. The lowest BCUT2D eigenvalue weighted by Gasteiger charge is -2.36. The van der Waals surface area contributed by atoms with Crippen LogP contribution in [0.2, 0.25) is 0 Å². The van der Waals surface area contributed by atoms with Crippen LogP contribution in [0.25, 0.3) is 0 Å². The minimum absolute atomic E-state index is 0.623. The van der Waals surface area contributed by atoms with Gasteiger partial charge in [-0.1, -0.05) is 13.3 Å². The van der Waals surface area contributed by atoms with E-state index in [0.717, 1.165) is 12.0 Å². The third kappa shape index (κ3) is 2.95. The Bertz CT molecular complexity index is 428. The number of fused-ring (bicyclic) bond motifs is 1. The molecule has 0 radical (unpaired) electrons. The zero-order valence-electron chi connectivity index (χ0n) is 12.9. The number of nitrogens with one attached hydrogen (secondary N) is 1. The molecule has 1 aromatic rings. The monoisotopic (exact) mass is 292 g/mol. The van der Waals surface area contributed by atoms with Gasteiger partial charge in [0.1, 0.15) is 0 Å². The highest BCUT2D eigenvalue weighted by atomic mass is 32.1. The van der Waals surface area contributed by atoms with Crippen LogP contribution in [-0.4, -0.2) is 30.6 Å². The second-order valence-electron chi connectivity index (χ2n) is 6.47. The largest absolute Gasteiger partial charge is 0.314 e. The third-order valence-corrected chi connectivity index (χ3v) is 6.18. The minimum Gasteiger partial charge on any atom is -0.314 e. The van der Waals surface area contributed by atoms with Crippen molar-refractivity contribution >= 4 is 11.3 Å². The van der Waals surface area contributed by atoms with E-state index in [-0.39, 0.29) is 0 Å². The van der Waals surface area contributed by atoms with Crippen LogP contribution in [0.4, 0.5) is 0 Å². The molecule has 112 valence electrons. The molecule has 20 heavy (non-hydrogen) atoms. The molecule has 1 aliphatic heterocycles. The van der Waals surface area contributed by atoms with Gasteiger partial charge >= 0.3 is 0 Å². The average molecular weight is 292 g/mol. The Kier molecular flexibility index (Phi) is 4.79. The molecular weight excluding hydrogens is 264 g/mol. The van der Waals surface area contributed by atoms with Crippen LogP contribution in [0.1, 0.15) is 56.0 Å². The summed E-state index contributed by atoms with van der Waals surface area (Å²) < 4.78 is 0. The Labute approximate surface area is 127 Å². The molecule has 0 amide bonds. The fourth-order valence-corrected chi connectivity index (χ4v) is 4.93. The van der Waals surface area contributed by atoms with Gasteiger partial charge in [-0.3, -0.25) is 4.90 Å². The standard InChI is InChI=1S/C17H28N2S/c1-3-9-18-16-6-4-5-14(16)12-19-10-7-17-15(13(19)2)8-11-20-17/h8,11,13-14,16,18H,3-7,9-10,12H2,1-2H3. The lowest BCUT2D eigenvalue weighted by atomic mass is 9.97. The predicted molar refractivity (Wildman–Crippen MR) is 87.4 cm³/mol. The molecule has 2 heterocycles. The van der Waals surface area contributed by atoms with Gasteiger partial charge in [-0.15, -0.1) is 11.3 Å². The van der Waals surface area contributed by atoms with Gasteiger partial charge in [0.05, 0.1) is 0 Å². The van der Waals surface area contributed by atoms with E-state index < -0.39 is 0 Å². The molecule has 2 nitrogen and oxygen atoms in total. The van der Waals surface area contributed by atoms with Crippen LogP contribution >= 0.6 is 11.3 Å². The lowest BCUT2D eigenvalue weighted by molar-refractivity contribution is 0.158. The van der Waals surface area contributed by atoms with Gasteiger partial charge in [0.25, 0.3) is 0 Å². The van der Waals surface area contributed by atoms with E-state index in [1.165, 1.54) is 51.7 Å². The van der Waals surface area contributed by atoms with E-state index >= 15 is 0 Å². The smallest absolute Gasteiger partial charge is 0.0331 e. The average Bonchev–Trinajstić information content (AvgIpc) is 3.09. The van der Waals surface area contributed by atoms with E-state index in [1.54, 1.807) is 10.4 Å². The molecule has 1 fully saturated rings. The molecule has 1 aromatic heterocycles. The summed E-state index contributed by atoms with van der Waals surface area (Å²) in [5.74, 6) is 0.865. The Morgan fingerprint density at radius 1 is 1.40 bits per heavy atom. The van der Waals surface area contributed by atoms with Gasteiger partial charge in [-0.25, -0.2) is 0 Å². The topological polar surface area (TPSA) is 15.3 Å². The highest BCUT2D eigenvalue weighted by Crippen LogP contribution is 2.35. The molecule has 0 bridgehead atoms. The quantitative estimate of drug-likeness (QED) is 0.887. The van der Waals surface area contributed by atoms with Crippen LogP contribution in [-0.2, 0) is 6.42 Å². The molecule has 1 aliphatic carbocycles. The van der Waals surface area contributed by atoms with Crippen molar-refractivity contribution in [3.05, 3.63) is 21.9 Å². The van der Waals surface area contributed by atoms with Crippen LogP contribution < -0.4 is 5.32 Å². The van der Waals surface area contributed by atoms with Crippen molar-refractivity contribution in [2.75, 3.05) is 19.6 Å². The number of thiophene rings is 1. The summed E-state index contributed by atoms with van der Waals surface area (Å²) in [6, 6.07) is 3.74. The van der Waals surface area contributed by atoms with Crippen LogP contribution in [0.3, 0.4) is 0 Å². The fourth-order valence-electron chi connectivity index (χ4n) is 3.97. The van der Waals surface area contributed by atoms with E-state index in [1.807, 2.05) is 11.3 Å². The van der Waals surface area contributed by atoms with Gasteiger partial charge in [0.15, 0.2) is 0 Å². The zero-order valence-corrected chi connectivity index (χ0v) is 13.7. The molecule has 3 rings (SSSR count). The van der Waals surface area contributed by atoms with Gasteiger partial charge in [0, 0.05) is 30.1 Å². The molecule has 0 saturated heterocycles. The maximum Gasteiger partial charge on any atom is 0.0331 e. The molecule has 1 saturated carbocycles. The highest BCUT2D eigenvalue weighted by molar-refractivity contribution is 7.10. The summed E-state index contributed by atoms with van der Waals surface area (Å²) in [6.45, 7) is 8.39. The van der Waals surface area contributed by atoms with E-state index in [4.69, 9.17) is 0 Å². The summed E-state index contributed by atoms with van der Waals surface area (Å²) in [5, 5.41) is 6.04. The molecule has 3 atom stereocenters. The molecule has 3 unspecified atom stereocenters. The lowest BCUT2D eigenvalue weighted by Crippen LogP contribution is -2.42.